The van der Waals surface area contributed by atoms with Crippen LogP contribution in [0.25, 0.3) is 94.7 Å². The lowest BCUT2D eigenvalue weighted by atomic mass is 9.99. The molecule has 0 unspecified atom stereocenters. The third-order valence-electron chi connectivity index (χ3n) is 9.16. The van der Waals surface area contributed by atoms with E-state index in [9.17, 15) is 0 Å². The highest BCUT2D eigenvalue weighted by Gasteiger charge is 2.20. The van der Waals surface area contributed by atoms with Gasteiger partial charge in [0, 0.05) is 32.7 Å². The van der Waals surface area contributed by atoms with Crippen molar-refractivity contribution in [3.05, 3.63) is 170 Å². The molecule has 0 aliphatic heterocycles. The second kappa shape index (κ2) is 11.4. The van der Waals surface area contributed by atoms with E-state index < -0.39 is 6.04 Å². The first-order valence-corrected chi connectivity index (χ1v) is 16.3. The van der Waals surface area contributed by atoms with Gasteiger partial charge in [0.25, 0.3) is 0 Å². The molecule has 5 nitrogen and oxygen atoms in total. The summed E-state index contributed by atoms with van der Waals surface area (Å²) in [6.45, 7) is 0. The van der Waals surface area contributed by atoms with Gasteiger partial charge in [-0.05, 0) is 52.6 Å². The molecule has 0 saturated heterocycles. The first kappa shape index (κ1) is 23.5. The average molecular weight is 646 g/mol. The molecule has 7 aromatic carbocycles. The normalized spacial score (nSPS) is 13.0. The molecule has 10 aromatic rings. The molecule has 0 saturated carbocycles. The van der Waals surface area contributed by atoms with Gasteiger partial charge in [0.2, 0.25) is 5.95 Å². The molecule has 10 rings (SSSR count). The van der Waals surface area contributed by atoms with Crippen molar-refractivity contribution in [2.75, 3.05) is 0 Å². The van der Waals surface area contributed by atoms with E-state index in [0.29, 0.717) is 34.3 Å². The Labute approximate surface area is 294 Å². The summed E-state index contributed by atoms with van der Waals surface area (Å²) >= 11 is 0. The Kier molecular flexibility index (Phi) is 5.35. The van der Waals surface area contributed by atoms with Gasteiger partial charge in [0.1, 0.15) is 11.2 Å². The third kappa shape index (κ3) is 4.52. The minimum atomic E-state index is -0.433. The topological polar surface area (TPSA) is 56.7 Å². The molecule has 234 valence electrons. The van der Waals surface area contributed by atoms with Crippen LogP contribution < -0.4 is 0 Å². The standard InChI is InChI=1S/C45H28N4O/c1-4-14-29(15-5-1)33-21-12-24-38-41(33)35-20-10-11-23-37(35)49(38)45-47-43(31-18-8-3-9-19-31)46-44(48-45)32-26-27-36-40(28-32)50-39-25-13-22-34(42(36)39)30-16-6-2-7-17-30/h1-28H/i1D,4D,5D,14D,15D. The number of nitrogens with zero attached hydrogens (tertiary/aromatic N) is 4. The predicted octanol–water partition coefficient (Wildman–Crippen LogP) is 11.5. The number of rotatable bonds is 5. The van der Waals surface area contributed by atoms with Gasteiger partial charge < -0.3 is 4.42 Å². The Morgan fingerprint density at radius 2 is 1.12 bits per heavy atom. The zero-order valence-electron chi connectivity index (χ0n) is 31.5. The van der Waals surface area contributed by atoms with Crippen LogP contribution in [0.15, 0.2) is 174 Å². The average Bonchev–Trinajstić information content (AvgIpc) is 3.79. The largest absolute Gasteiger partial charge is 0.456 e. The predicted molar refractivity (Wildman–Crippen MR) is 203 cm³/mol. The maximum absolute atomic E-state index is 8.80. The first-order chi connectivity index (χ1) is 26.9. The van der Waals surface area contributed by atoms with Gasteiger partial charge in [-0.25, -0.2) is 4.98 Å². The molecule has 0 fully saturated rings. The number of para-hydroxylation sites is 1. The van der Waals surface area contributed by atoms with Gasteiger partial charge in [0.05, 0.1) is 17.9 Å². The van der Waals surface area contributed by atoms with Crippen molar-refractivity contribution in [2.45, 2.75) is 0 Å². The lowest BCUT2D eigenvalue weighted by Crippen LogP contribution is -2.06. The highest BCUT2D eigenvalue weighted by molar-refractivity contribution is 6.16. The van der Waals surface area contributed by atoms with Gasteiger partial charge in [0.15, 0.2) is 11.6 Å². The van der Waals surface area contributed by atoms with E-state index in [4.69, 9.17) is 26.2 Å². The number of benzene rings is 7. The molecule has 0 radical (unpaired) electrons. The monoisotopic (exact) mass is 645 g/mol. The SMILES string of the molecule is [2H]c1c([2H])c([2H])c(-c2cccc3c2c2ccccc2n3-c2nc(-c3ccccc3)nc(-c3ccc4c(c3)oc3cccc(-c5ccccc5)c34)n2)c([2H])c1[2H]. The number of aromatic nitrogens is 4. The fourth-order valence-electron chi connectivity index (χ4n) is 6.96. The van der Waals surface area contributed by atoms with Crippen LogP contribution in [0, 0.1) is 0 Å². The molecule has 3 heterocycles. The minimum absolute atomic E-state index is 0.135. The number of hydrogen-bond acceptors (Lipinski definition) is 4. The second-order valence-corrected chi connectivity index (χ2v) is 12.1. The summed E-state index contributed by atoms with van der Waals surface area (Å²) in [7, 11) is 0. The van der Waals surface area contributed by atoms with Crippen molar-refractivity contribution in [3.63, 3.8) is 0 Å². The molecule has 5 heteroatoms. The molecule has 0 aliphatic carbocycles. The number of fused-ring (bicyclic) bond motifs is 6. The highest BCUT2D eigenvalue weighted by Crippen LogP contribution is 2.40. The van der Waals surface area contributed by atoms with Crippen LogP contribution in [0.2, 0.25) is 0 Å². The van der Waals surface area contributed by atoms with Crippen LogP contribution >= 0.6 is 0 Å². The Hall–Kier alpha value is -6.85. The molecule has 50 heavy (non-hydrogen) atoms. The number of furan rings is 1. The van der Waals surface area contributed by atoms with Crippen LogP contribution in [-0.2, 0) is 0 Å². The Morgan fingerprint density at radius 1 is 0.460 bits per heavy atom. The van der Waals surface area contributed by atoms with Gasteiger partial charge >= 0.3 is 0 Å². The van der Waals surface area contributed by atoms with Crippen LogP contribution in [0.3, 0.4) is 0 Å². The molecule has 0 N–H and O–H groups in total. The molecule has 0 aliphatic rings. The van der Waals surface area contributed by atoms with E-state index >= 15 is 0 Å². The van der Waals surface area contributed by atoms with Gasteiger partial charge in [-0.15, -0.1) is 0 Å². The minimum Gasteiger partial charge on any atom is -0.456 e. The summed E-state index contributed by atoms with van der Waals surface area (Å²) in [6, 6.07) is 43.8. The molecule has 0 spiro atoms. The van der Waals surface area contributed by atoms with Crippen molar-refractivity contribution < 1.29 is 11.3 Å². The highest BCUT2D eigenvalue weighted by atomic mass is 16.3. The molecular formula is C45H28N4O. The quantitative estimate of drug-likeness (QED) is 0.187. The van der Waals surface area contributed by atoms with Gasteiger partial charge in [-0.1, -0.05) is 139 Å². The Bertz CT molecular complexity index is 3130. The molecular weight excluding hydrogens is 613 g/mol. The van der Waals surface area contributed by atoms with Crippen LogP contribution in [0.1, 0.15) is 6.85 Å². The van der Waals surface area contributed by atoms with Crippen molar-refractivity contribution >= 4 is 43.7 Å². The van der Waals surface area contributed by atoms with E-state index in [2.05, 4.69) is 24.3 Å². The fraction of sp³-hybridized carbons (Fsp3) is 0. The van der Waals surface area contributed by atoms with E-state index in [-0.39, 0.29) is 29.7 Å². The fourth-order valence-corrected chi connectivity index (χ4v) is 6.96. The first-order valence-electron chi connectivity index (χ1n) is 18.8. The summed E-state index contributed by atoms with van der Waals surface area (Å²) in [6.07, 6.45) is 0. The van der Waals surface area contributed by atoms with Crippen molar-refractivity contribution in [1.82, 2.24) is 19.5 Å². The summed E-state index contributed by atoms with van der Waals surface area (Å²) in [5.74, 6) is 1.29. The molecule has 0 amide bonds. The maximum atomic E-state index is 8.80. The zero-order valence-corrected chi connectivity index (χ0v) is 26.5. The van der Waals surface area contributed by atoms with E-state index in [1.807, 2.05) is 114 Å². The van der Waals surface area contributed by atoms with E-state index in [0.717, 1.165) is 54.9 Å². The van der Waals surface area contributed by atoms with E-state index in [1.165, 1.54) is 0 Å². The van der Waals surface area contributed by atoms with Crippen molar-refractivity contribution in [3.8, 4) is 51.0 Å². The summed E-state index contributed by atoms with van der Waals surface area (Å²) in [5, 5.41) is 3.56. The maximum Gasteiger partial charge on any atom is 0.238 e. The van der Waals surface area contributed by atoms with Crippen molar-refractivity contribution in [1.29, 1.82) is 0 Å². The summed E-state index contributed by atoms with van der Waals surface area (Å²) in [5.41, 5.74) is 7.40. The third-order valence-corrected chi connectivity index (χ3v) is 9.16. The lowest BCUT2D eigenvalue weighted by molar-refractivity contribution is 0.669. The lowest BCUT2D eigenvalue weighted by Gasteiger charge is -2.11. The Balaban J connectivity index is 1.22. The zero-order chi connectivity index (χ0) is 37.4. The van der Waals surface area contributed by atoms with Gasteiger partial charge in [-0.3, -0.25) is 4.57 Å². The molecule has 0 bridgehead atoms. The summed E-state index contributed by atoms with van der Waals surface area (Å²) < 4.78 is 51.0. The summed E-state index contributed by atoms with van der Waals surface area (Å²) in [4.78, 5) is 15.2. The van der Waals surface area contributed by atoms with Crippen LogP contribution in [-0.4, -0.2) is 19.5 Å². The molecule has 0 atom stereocenters. The van der Waals surface area contributed by atoms with Crippen molar-refractivity contribution in [2.24, 2.45) is 0 Å². The second-order valence-electron chi connectivity index (χ2n) is 12.1. The van der Waals surface area contributed by atoms with Crippen LogP contribution in [0.5, 0.6) is 0 Å². The van der Waals surface area contributed by atoms with E-state index in [1.54, 1.807) is 6.07 Å². The molecule has 3 aromatic heterocycles. The van der Waals surface area contributed by atoms with Gasteiger partial charge in [-0.2, -0.15) is 9.97 Å². The number of hydrogen-bond donors (Lipinski definition) is 0. The smallest absolute Gasteiger partial charge is 0.238 e. The van der Waals surface area contributed by atoms with Crippen LogP contribution in [0.4, 0.5) is 0 Å². The Morgan fingerprint density at radius 3 is 1.92 bits per heavy atom.